The standard InChI is InChI=1S/C28H26BrN3O5S/c1-36-16-4-15-32-27(34)24(30-20-9-7-19(29)8-10-20)25(28(32)35)38-23-13-11-21(12-14-23)31-26(33)18-5-3-6-22(17-18)37-2/h3,5-14,17,30H,4,15-16H2,1-2H3,(H,31,33). The number of methoxy groups -OCH3 is 2. The molecule has 196 valence electrons. The fourth-order valence-electron chi connectivity index (χ4n) is 3.70. The van der Waals surface area contributed by atoms with Crippen molar-refractivity contribution in [2.24, 2.45) is 0 Å². The number of thioether (sulfide) groups is 1. The smallest absolute Gasteiger partial charge is 0.278 e. The van der Waals surface area contributed by atoms with Crippen LogP contribution in [0.1, 0.15) is 16.8 Å². The highest BCUT2D eigenvalue weighted by Crippen LogP contribution is 2.36. The van der Waals surface area contributed by atoms with E-state index in [1.54, 1.807) is 62.8 Å². The van der Waals surface area contributed by atoms with E-state index in [0.29, 0.717) is 40.6 Å². The van der Waals surface area contributed by atoms with Gasteiger partial charge in [-0.1, -0.05) is 33.8 Å². The van der Waals surface area contributed by atoms with Gasteiger partial charge >= 0.3 is 0 Å². The molecule has 10 heteroatoms. The summed E-state index contributed by atoms with van der Waals surface area (Å²) in [6.45, 7) is 0.703. The molecule has 0 aliphatic carbocycles. The van der Waals surface area contributed by atoms with E-state index in [4.69, 9.17) is 9.47 Å². The van der Waals surface area contributed by atoms with Crippen LogP contribution in [0.3, 0.4) is 0 Å². The molecule has 1 aliphatic heterocycles. The molecular weight excluding hydrogens is 570 g/mol. The molecule has 0 aromatic heterocycles. The molecule has 1 aliphatic rings. The average Bonchev–Trinajstić information content (AvgIpc) is 3.14. The van der Waals surface area contributed by atoms with Crippen LogP contribution in [0, 0.1) is 0 Å². The summed E-state index contributed by atoms with van der Waals surface area (Å²) < 4.78 is 11.2. The van der Waals surface area contributed by atoms with Crippen molar-refractivity contribution < 1.29 is 23.9 Å². The SMILES string of the molecule is COCCCN1C(=O)C(Nc2ccc(Br)cc2)=C(Sc2ccc(NC(=O)c3cccc(OC)c3)cc2)C1=O. The Morgan fingerprint density at radius 1 is 0.947 bits per heavy atom. The summed E-state index contributed by atoms with van der Waals surface area (Å²) in [5, 5.41) is 5.99. The summed E-state index contributed by atoms with van der Waals surface area (Å²) in [4.78, 5) is 41.4. The van der Waals surface area contributed by atoms with Crippen LogP contribution in [-0.2, 0) is 14.3 Å². The monoisotopic (exact) mass is 595 g/mol. The van der Waals surface area contributed by atoms with Crippen molar-refractivity contribution in [3.8, 4) is 5.75 Å². The Kier molecular flexibility index (Phi) is 9.22. The van der Waals surface area contributed by atoms with E-state index < -0.39 is 0 Å². The topological polar surface area (TPSA) is 97.0 Å². The molecule has 2 N–H and O–H groups in total. The highest BCUT2D eigenvalue weighted by molar-refractivity contribution is 9.10. The minimum Gasteiger partial charge on any atom is -0.497 e. The fraction of sp³-hybridized carbons (Fsp3) is 0.179. The number of carbonyl (C=O) groups is 3. The zero-order chi connectivity index (χ0) is 27.1. The number of rotatable bonds is 11. The molecule has 0 atom stereocenters. The maximum Gasteiger partial charge on any atom is 0.278 e. The molecule has 3 amide bonds. The minimum absolute atomic E-state index is 0.232. The quantitative estimate of drug-likeness (QED) is 0.222. The zero-order valence-corrected chi connectivity index (χ0v) is 23.2. The molecule has 0 spiro atoms. The minimum atomic E-state index is -0.376. The molecule has 3 aromatic rings. The van der Waals surface area contributed by atoms with Crippen molar-refractivity contribution in [2.45, 2.75) is 11.3 Å². The fourth-order valence-corrected chi connectivity index (χ4v) is 4.91. The van der Waals surface area contributed by atoms with Gasteiger partial charge in [0.05, 0.1) is 7.11 Å². The second-order valence-corrected chi connectivity index (χ2v) is 10.3. The Labute approximate surface area is 233 Å². The molecule has 4 rings (SSSR count). The maximum atomic E-state index is 13.3. The first-order chi connectivity index (χ1) is 18.4. The van der Waals surface area contributed by atoms with Gasteiger partial charge in [0.25, 0.3) is 17.7 Å². The lowest BCUT2D eigenvalue weighted by Gasteiger charge is -2.14. The van der Waals surface area contributed by atoms with Crippen LogP contribution in [-0.4, -0.2) is 50.0 Å². The Morgan fingerprint density at radius 2 is 1.66 bits per heavy atom. The zero-order valence-electron chi connectivity index (χ0n) is 20.8. The molecule has 0 saturated carbocycles. The molecule has 8 nitrogen and oxygen atoms in total. The lowest BCUT2D eigenvalue weighted by molar-refractivity contribution is -0.137. The van der Waals surface area contributed by atoms with Crippen molar-refractivity contribution >= 4 is 56.8 Å². The third-order valence-corrected chi connectivity index (χ3v) is 7.25. The Balaban J connectivity index is 1.52. The normalized spacial score (nSPS) is 13.2. The lowest BCUT2D eigenvalue weighted by atomic mass is 10.2. The Morgan fingerprint density at radius 3 is 2.34 bits per heavy atom. The number of nitrogens with zero attached hydrogens (tertiary/aromatic N) is 1. The molecule has 3 aromatic carbocycles. The Hall–Kier alpha value is -3.60. The number of benzene rings is 3. The van der Waals surface area contributed by atoms with Gasteiger partial charge in [0.15, 0.2) is 0 Å². The van der Waals surface area contributed by atoms with Gasteiger partial charge in [0.2, 0.25) is 0 Å². The van der Waals surface area contributed by atoms with E-state index in [1.165, 1.54) is 16.7 Å². The average molecular weight is 597 g/mol. The van der Waals surface area contributed by atoms with Crippen LogP contribution < -0.4 is 15.4 Å². The number of hydrogen-bond acceptors (Lipinski definition) is 7. The first kappa shape index (κ1) is 27.4. The van der Waals surface area contributed by atoms with Crippen LogP contribution >= 0.6 is 27.7 Å². The summed E-state index contributed by atoms with van der Waals surface area (Å²) in [7, 11) is 3.13. The third-order valence-electron chi connectivity index (χ3n) is 5.63. The largest absolute Gasteiger partial charge is 0.497 e. The number of carbonyl (C=O) groups excluding carboxylic acids is 3. The van der Waals surface area contributed by atoms with Gasteiger partial charge in [-0.15, -0.1) is 0 Å². The first-order valence-corrected chi connectivity index (χ1v) is 13.4. The van der Waals surface area contributed by atoms with Crippen LogP contribution in [0.4, 0.5) is 11.4 Å². The van der Waals surface area contributed by atoms with Crippen LogP contribution in [0.2, 0.25) is 0 Å². The van der Waals surface area contributed by atoms with Crippen molar-refractivity contribution in [1.82, 2.24) is 4.90 Å². The number of imide groups is 1. The molecule has 0 bridgehead atoms. The van der Waals surface area contributed by atoms with Gasteiger partial charge in [-0.2, -0.15) is 0 Å². The number of amides is 3. The van der Waals surface area contributed by atoms with E-state index in [-0.39, 0.29) is 30.0 Å². The molecule has 0 radical (unpaired) electrons. The Bertz CT molecular complexity index is 1360. The predicted molar refractivity (Wildman–Crippen MR) is 151 cm³/mol. The van der Waals surface area contributed by atoms with Gasteiger partial charge in [-0.05, 0) is 73.2 Å². The van der Waals surface area contributed by atoms with Crippen LogP contribution in [0.25, 0.3) is 0 Å². The van der Waals surface area contributed by atoms with Gasteiger partial charge < -0.3 is 20.1 Å². The van der Waals surface area contributed by atoms with E-state index in [2.05, 4.69) is 26.6 Å². The number of nitrogens with one attached hydrogen (secondary N) is 2. The molecular formula is C28H26BrN3O5S. The molecule has 0 saturated heterocycles. The van der Waals surface area contributed by atoms with E-state index in [1.807, 2.05) is 24.3 Å². The maximum absolute atomic E-state index is 13.3. The predicted octanol–water partition coefficient (Wildman–Crippen LogP) is 5.53. The van der Waals surface area contributed by atoms with Crippen molar-refractivity contribution in [3.05, 3.63) is 93.4 Å². The van der Waals surface area contributed by atoms with Crippen molar-refractivity contribution in [1.29, 1.82) is 0 Å². The van der Waals surface area contributed by atoms with E-state index in [9.17, 15) is 14.4 Å². The summed E-state index contributed by atoms with van der Waals surface area (Å²) in [6.07, 6.45) is 0.541. The van der Waals surface area contributed by atoms with Crippen LogP contribution in [0.5, 0.6) is 5.75 Å². The number of anilines is 2. The molecule has 1 heterocycles. The van der Waals surface area contributed by atoms with Gasteiger partial charge in [-0.3, -0.25) is 19.3 Å². The number of halogens is 1. The number of ether oxygens (including phenoxy) is 2. The summed E-state index contributed by atoms with van der Waals surface area (Å²) >= 11 is 4.60. The van der Waals surface area contributed by atoms with Crippen molar-refractivity contribution in [2.75, 3.05) is 38.0 Å². The van der Waals surface area contributed by atoms with Gasteiger partial charge in [0.1, 0.15) is 16.4 Å². The van der Waals surface area contributed by atoms with Gasteiger partial charge in [-0.25, -0.2) is 0 Å². The van der Waals surface area contributed by atoms with Crippen LogP contribution in [0.15, 0.2) is 92.8 Å². The van der Waals surface area contributed by atoms with E-state index >= 15 is 0 Å². The summed E-state index contributed by atoms with van der Waals surface area (Å²) in [5.41, 5.74) is 1.99. The summed E-state index contributed by atoms with van der Waals surface area (Å²) in [5.74, 6) is -0.404. The molecule has 38 heavy (non-hydrogen) atoms. The van der Waals surface area contributed by atoms with Gasteiger partial charge in [0, 0.05) is 46.6 Å². The highest BCUT2D eigenvalue weighted by atomic mass is 79.9. The summed E-state index contributed by atoms with van der Waals surface area (Å²) in [6, 6.07) is 21.3. The third kappa shape index (κ3) is 6.63. The van der Waals surface area contributed by atoms with E-state index in [0.717, 1.165) is 9.37 Å². The second-order valence-electron chi connectivity index (χ2n) is 8.26. The van der Waals surface area contributed by atoms with Crippen molar-refractivity contribution in [3.63, 3.8) is 0 Å². The second kappa shape index (κ2) is 12.8. The number of hydrogen-bond donors (Lipinski definition) is 2. The molecule has 0 fully saturated rings. The lowest BCUT2D eigenvalue weighted by Crippen LogP contribution is -2.33. The highest BCUT2D eigenvalue weighted by Gasteiger charge is 2.38. The molecule has 0 unspecified atom stereocenters. The first-order valence-electron chi connectivity index (χ1n) is 11.7.